The van der Waals surface area contributed by atoms with E-state index >= 15 is 0 Å². The first-order valence-electron chi connectivity index (χ1n) is 8.13. The van der Waals surface area contributed by atoms with Crippen LogP contribution in [0.3, 0.4) is 0 Å². The number of nitrogens with zero attached hydrogens (tertiary/aromatic N) is 1. The highest BCUT2D eigenvalue weighted by Gasteiger charge is 2.09. The minimum absolute atomic E-state index is 0.303. The molecule has 0 bridgehead atoms. The smallest absolute Gasteiger partial charge is 0.126 e. The summed E-state index contributed by atoms with van der Waals surface area (Å²) in [7, 11) is 1.70. The van der Waals surface area contributed by atoms with Crippen LogP contribution in [0.4, 0.5) is 0 Å². The van der Waals surface area contributed by atoms with Gasteiger partial charge in [-0.05, 0) is 47.9 Å². The van der Waals surface area contributed by atoms with Crippen LogP contribution >= 0.6 is 0 Å². The summed E-state index contributed by atoms with van der Waals surface area (Å²) in [5, 5.41) is 3.58. The number of pyridine rings is 1. The molecule has 0 fully saturated rings. The van der Waals surface area contributed by atoms with Crippen molar-refractivity contribution in [3.8, 4) is 16.9 Å². The zero-order valence-electron chi connectivity index (χ0n) is 14.1. The topological polar surface area (TPSA) is 34.1 Å². The van der Waals surface area contributed by atoms with E-state index in [1.165, 1.54) is 11.1 Å². The van der Waals surface area contributed by atoms with Crippen molar-refractivity contribution >= 4 is 0 Å². The third-order valence-electron chi connectivity index (χ3n) is 4.17. The molecule has 3 heteroatoms. The van der Waals surface area contributed by atoms with Gasteiger partial charge in [-0.25, -0.2) is 0 Å². The van der Waals surface area contributed by atoms with Crippen LogP contribution < -0.4 is 10.1 Å². The van der Waals surface area contributed by atoms with Gasteiger partial charge in [-0.2, -0.15) is 0 Å². The third kappa shape index (κ3) is 3.81. The summed E-state index contributed by atoms with van der Waals surface area (Å²) in [5.74, 6) is 0.876. The van der Waals surface area contributed by atoms with Crippen molar-refractivity contribution in [2.75, 3.05) is 7.11 Å². The maximum Gasteiger partial charge on any atom is 0.126 e. The molecule has 0 aliphatic carbocycles. The summed E-state index contributed by atoms with van der Waals surface area (Å²) in [4.78, 5) is 4.09. The molecule has 2 aromatic carbocycles. The van der Waals surface area contributed by atoms with Crippen molar-refractivity contribution in [1.29, 1.82) is 0 Å². The highest BCUT2D eigenvalue weighted by atomic mass is 16.5. The molecule has 0 aliphatic heterocycles. The molecule has 0 spiro atoms. The fraction of sp³-hybridized carbons (Fsp3) is 0.190. The van der Waals surface area contributed by atoms with Gasteiger partial charge in [0.2, 0.25) is 0 Å². The van der Waals surface area contributed by atoms with Gasteiger partial charge >= 0.3 is 0 Å². The van der Waals surface area contributed by atoms with E-state index in [0.717, 1.165) is 23.4 Å². The molecule has 122 valence electrons. The van der Waals surface area contributed by atoms with Crippen LogP contribution in [-0.4, -0.2) is 12.1 Å². The van der Waals surface area contributed by atoms with Gasteiger partial charge in [0.15, 0.2) is 0 Å². The van der Waals surface area contributed by atoms with Crippen molar-refractivity contribution < 1.29 is 4.74 Å². The number of hydrogen-bond donors (Lipinski definition) is 1. The first-order valence-corrected chi connectivity index (χ1v) is 8.13. The van der Waals surface area contributed by atoms with Crippen molar-refractivity contribution in [3.05, 3.63) is 84.2 Å². The average Bonchev–Trinajstić information content (AvgIpc) is 2.67. The standard InChI is InChI=1S/C21H22N2O/c1-16(18-6-4-3-5-7-18)23-15-17-8-9-21(24-2)20(14-17)19-10-12-22-13-11-19/h3-14,16,23H,15H2,1-2H3. The Balaban J connectivity index is 1.77. The molecule has 24 heavy (non-hydrogen) atoms. The molecule has 0 saturated heterocycles. The van der Waals surface area contributed by atoms with E-state index in [1.54, 1.807) is 19.5 Å². The first-order chi connectivity index (χ1) is 11.8. The molecule has 1 atom stereocenters. The van der Waals surface area contributed by atoms with Crippen LogP contribution in [0.5, 0.6) is 5.75 Å². The van der Waals surface area contributed by atoms with Gasteiger partial charge in [0.1, 0.15) is 5.75 Å². The van der Waals surface area contributed by atoms with Crippen LogP contribution in [-0.2, 0) is 6.54 Å². The van der Waals surface area contributed by atoms with Gasteiger partial charge in [-0.1, -0.05) is 36.4 Å². The molecular formula is C21H22N2O. The maximum atomic E-state index is 5.51. The van der Waals surface area contributed by atoms with E-state index in [0.29, 0.717) is 6.04 Å². The normalized spacial score (nSPS) is 11.9. The molecule has 3 nitrogen and oxygen atoms in total. The fourth-order valence-electron chi connectivity index (χ4n) is 2.75. The molecule has 0 amide bonds. The quantitative estimate of drug-likeness (QED) is 0.721. The molecule has 3 rings (SSSR count). The van der Waals surface area contributed by atoms with Gasteiger partial charge in [0.25, 0.3) is 0 Å². The summed E-state index contributed by atoms with van der Waals surface area (Å²) in [5.41, 5.74) is 4.72. The number of hydrogen-bond acceptors (Lipinski definition) is 3. The zero-order valence-corrected chi connectivity index (χ0v) is 14.1. The number of rotatable bonds is 6. The second-order valence-electron chi connectivity index (χ2n) is 5.78. The lowest BCUT2D eigenvalue weighted by molar-refractivity contribution is 0.416. The zero-order chi connectivity index (χ0) is 16.8. The van der Waals surface area contributed by atoms with E-state index < -0.39 is 0 Å². The lowest BCUT2D eigenvalue weighted by atomic mass is 10.0. The fourth-order valence-corrected chi connectivity index (χ4v) is 2.75. The summed E-state index contributed by atoms with van der Waals surface area (Å²) >= 11 is 0. The average molecular weight is 318 g/mol. The van der Waals surface area contributed by atoms with Crippen molar-refractivity contribution in [1.82, 2.24) is 10.3 Å². The predicted octanol–water partition coefficient (Wildman–Crippen LogP) is 4.61. The monoisotopic (exact) mass is 318 g/mol. The number of nitrogens with one attached hydrogen (secondary N) is 1. The van der Waals surface area contributed by atoms with Gasteiger partial charge in [0.05, 0.1) is 7.11 Å². The third-order valence-corrected chi connectivity index (χ3v) is 4.17. The van der Waals surface area contributed by atoms with Gasteiger partial charge in [-0.3, -0.25) is 4.98 Å². The van der Waals surface area contributed by atoms with Crippen molar-refractivity contribution in [2.45, 2.75) is 19.5 Å². The van der Waals surface area contributed by atoms with E-state index in [1.807, 2.05) is 24.3 Å². The summed E-state index contributed by atoms with van der Waals surface area (Å²) in [6, 6.07) is 21.1. The van der Waals surface area contributed by atoms with Crippen LogP contribution in [0.15, 0.2) is 73.1 Å². The molecule has 1 heterocycles. The van der Waals surface area contributed by atoms with Gasteiger partial charge < -0.3 is 10.1 Å². The second-order valence-corrected chi connectivity index (χ2v) is 5.78. The Kier molecular flexibility index (Phi) is 5.24. The highest BCUT2D eigenvalue weighted by molar-refractivity contribution is 5.70. The van der Waals surface area contributed by atoms with Crippen LogP contribution in [0.25, 0.3) is 11.1 Å². The second kappa shape index (κ2) is 7.75. The Hall–Kier alpha value is -2.65. The number of ether oxygens (including phenoxy) is 1. The van der Waals surface area contributed by atoms with Gasteiger partial charge in [0, 0.05) is 30.5 Å². The molecule has 0 aliphatic rings. The van der Waals surface area contributed by atoms with E-state index in [9.17, 15) is 0 Å². The molecule has 0 radical (unpaired) electrons. The van der Waals surface area contributed by atoms with E-state index in [-0.39, 0.29) is 0 Å². The Morgan fingerprint density at radius 2 is 1.75 bits per heavy atom. The Labute approximate surface area is 143 Å². The Morgan fingerprint density at radius 3 is 2.46 bits per heavy atom. The lowest BCUT2D eigenvalue weighted by Crippen LogP contribution is -2.18. The Bertz CT molecular complexity index is 772. The highest BCUT2D eigenvalue weighted by Crippen LogP contribution is 2.30. The van der Waals surface area contributed by atoms with E-state index in [2.05, 4.69) is 53.6 Å². The first kappa shape index (κ1) is 16.2. The predicted molar refractivity (Wildman–Crippen MR) is 97.9 cm³/mol. The SMILES string of the molecule is COc1ccc(CNC(C)c2ccccc2)cc1-c1ccncc1. The number of methoxy groups -OCH3 is 1. The molecule has 1 unspecified atom stereocenters. The molecular weight excluding hydrogens is 296 g/mol. The van der Waals surface area contributed by atoms with Gasteiger partial charge in [-0.15, -0.1) is 0 Å². The van der Waals surface area contributed by atoms with Crippen LogP contribution in [0.2, 0.25) is 0 Å². The molecule has 3 aromatic rings. The Morgan fingerprint density at radius 1 is 1.00 bits per heavy atom. The number of benzene rings is 2. The molecule has 1 aromatic heterocycles. The van der Waals surface area contributed by atoms with E-state index in [4.69, 9.17) is 4.74 Å². The minimum Gasteiger partial charge on any atom is -0.496 e. The summed E-state index contributed by atoms with van der Waals surface area (Å²) < 4.78 is 5.51. The molecule has 1 N–H and O–H groups in total. The van der Waals surface area contributed by atoms with Crippen LogP contribution in [0, 0.1) is 0 Å². The number of aromatic nitrogens is 1. The summed E-state index contributed by atoms with van der Waals surface area (Å²) in [6.45, 7) is 2.99. The van der Waals surface area contributed by atoms with Crippen LogP contribution in [0.1, 0.15) is 24.1 Å². The lowest BCUT2D eigenvalue weighted by Gasteiger charge is -2.16. The minimum atomic E-state index is 0.303. The summed E-state index contributed by atoms with van der Waals surface area (Å²) in [6.07, 6.45) is 3.61. The maximum absolute atomic E-state index is 5.51. The largest absolute Gasteiger partial charge is 0.496 e. The van der Waals surface area contributed by atoms with Crippen molar-refractivity contribution in [2.24, 2.45) is 0 Å². The molecule has 0 saturated carbocycles. The van der Waals surface area contributed by atoms with Crippen molar-refractivity contribution in [3.63, 3.8) is 0 Å².